The molecule has 4 rings (SSSR count). The number of benzene rings is 3. The first-order chi connectivity index (χ1) is 21.2. The van der Waals surface area contributed by atoms with Crippen molar-refractivity contribution < 1.29 is 17.6 Å². The van der Waals surface area contributed by atoms with Gasteiger partial charge in [-0.2, -0.15) is 0 Å². The molecule has 0 bridgehead atoms. The summed E-state index contributed by atoms with van der Waals surface area (Å²) in [7, 11) is -3.93. The van der Waals surface area contributed by atoms with Crippen molar-refractivity contribution in [2.75, 3.05) is 37.2 Å². The van der Waals surface area contributed by atoms with Crippen LogP contribution in [0.25, 0.3) is 0 Å². The molecule has 1 fully saturated rings. The number of nitrogens with one attached hydrogen (secondary N) is 1. The lowest BCUT2D eigenvalue weighted by atomic mass is 9.89. The molecule has 7 nitrogen and oxygen atoms in total. The van der Waals surface area contributed by atoms with Crippen LogP contribution < -0.4 is 4.72 Å². The third-order valence-electron chi connectivity index (χ3n) is 9.26. The van der Waals surface area contributed by atoms with Crippen LogP contribution in [0, 0.1) is 0 Å². The van der Waals surface area contributed by atoms with Gasteiger partial charge < -0.3 is 14.2 Å². The molecule has 45 heavy (non-hydrogen) atoms. The van der Waals surface area contributed by atoms with Crippen molar-refractivity contribution in [3.63, 3.8) is 0 Å². The minimum absolute atomic E-state index is 0.000756. The molecule has 0 aromatic heterocycles. The smallest absolute Gasteiger partial charge is 0.235 e. The van der Waals surface area contributed by atoms with Gasteiger partial charge in [0, 0.05) is 19.3 Å². The van der Waals surface area contributed by atoms with E-state index in [9.17, 15) is 13.2 Å². The highest BCUT2D eigenvalue weighted by Gasteiger charge is 2.39. The maximum atomic E-state index is 14.4. The Hall–Kier alpha value is -2.98. The van der Waals surface area contributed by atoms with Gasteiger partial charge in [0.2, 0.25) is 15.9 Å². The summed E-state index contributed by atoms with van der Waals surface area (Å²) in [5, 5.41) is -0.0133. The molecular formula is C36H51N3O4SSi. The molecule has 0 radical (unpaired) electrons. The Morgan fingerprint density at radius 1 is 0.911 bits per heavy atom. The summed E-state index contributed by atoms with van der Waals surface area (Å²) in [5.41, 5.74) is 3.26. The molecule has 3 aromatic rings. The van der Waals surface area contributed by atoms with E-state index in [0.717, 1.165) is 42.6 Å². The maximum absolute atomic E-state index is 14.4. The molecule has 1 N–H and O–H groups in total. The lowest BCUT2D eigenvalue weighted by molar-refractivity contribution is -0.133. The average Bonchev–Trinajstić information content (AvgIpc) is 3.49. The molecule has 3 aromatic carbocycles. The molecular weight excluding hydrogens is 599 g/mol. The molecule has 1 amide bonds. The van der Waals surface area contributed by atoms with Crippen molar-refractivity contribution in [2.45, 2.75) is 76.7 Å². The van der Waals surface area contributed by atoms with E-state index >= 15 is 0 Å². The highest BCUT2D eigenvalue weighted by Crippen LogP contribution is 2.37. The van der Waals surface area contributed by atoms with E-state index in [1.165, 1.54) is 0 Å². The Bertz CT molecular complexity index is 1460. The predicted octanol–water partition coefficient (Wildman–Crippen LogP) is 7.27. The molecule has 1 heterocycles. The number of likely N-dealkylation sites (N-methyl/N-ethyl adjacent to an activating group) is 1. The number of anilines is 1. The van der Waals surface area contributed by atoms with Crippen LogP contribution >= 0.6 is 0 Å². The van der Waals surface area contributed by atoms with Crippen molar-refractivity contribution in [1.82, 2.24) is 9.80 Å². The van der Waals surface area contributed by atoms with Crippen LogP contribution in [0.5, 0.6) is 0 Å². The third-order valence-corrected chi connectivity index (χ3v) is 15.3. The molecule has 9 heteroatoms. The highest BCUT2D eigenvalue weighted by atomic mass is 32.2. The van der Waals surface area contributed by atoms with Gasteiger partial charge in [-0.05, 0) is 79.8 Å². The zero-order chi connectivity index (χ0) is 32.8. The summed E-state index contributed by atoms with van der Waals surface area (Å²) in [4.78, 5) is 18.7. The van der Waals surface area contributed by atoms with E-state index in [0.29, 0.717) is 12.2 Å². The second kappa shape index (κ2) is 14.6. The highest BCUT2D eigenvalue weighted by molar-refractivity contribution is 7.92. The van der Waals surface area contributed by atoms with Crippen LogP contribution in [0.3, 0.4) is 0 Å². The van der Waals surface area contributed by atoms with Gasteiger partial charge in [-0.25, -0.2) is 8.42 Å². The molecule has 1 saturated heterocycles. The molecule has 0 aliphatic carbocycles. The molecule has 1 unspecified atom stereocenters. The predicted molar refractivity (Wildman–Crippen MR) is 188 cm³/mol. The van der Waals surface area contributed by atoms with Gasteiger partial charge in [-0.15, -0.1) is 0 Å². The first-order valence-corrected chi connectivity index (χ1v) is 20.6. The number of hydrogen-bond donors (Lipinski definition) is 1. The monoisotopic (exact) mass is 649 g/mol. The second-order valence-electron chi connectivity index (χ2n) is 13.9. The van der Waals surface area contributed by atoms with Crippen molar-refractivity contribution in [1.29, 1.82) is 0 Å². The van der Waals surface area contributed by atoms with E-state index in [4.69, 9.17) is 4.43 Å². The minimum Gasteiger partial charge on any atom is -0.413 e. The van der Waals surface area contributed by atoms with Gasteiger partial charge in [0.1, 0.15) is 0 Å². The first-order valence-electron chi connectivity index (χ1n) is 16.0. The Labute approximate surface area is 272 Å². The van der Waals surface area contributed by atoms with Crippen LogP contribution in [0.1, 0.15) is 69.2 Å². The van der Waals surface area contributed by atoms with Crippen LogP contribution in [-0.2, 0) is 19.2 Å². The Morgan fingerprint density at radius 3 is 1.98 bits per heavy atom. The van der Waals surface area contributed by atoms with Crippen LogP contribution in [-0.4, -0.2) is 71.0 Å². The van der Waals surface area contributed by atoms with E-state index < -0.39 is 30.4 Å². The number of hydrogen-bond acceptors (Lipinski definition) is 5. The van der Waals surface area contributed by atoms with Gasteiger partial charge in [0.05, 0.1) is 23.8 Å². The zero-order valence-electron chi connectivity index (χ0n) is 28.0. The standard InChI is InChI=1S/C36H51N3O4SSi/c1-28(43-45(6,7)36(2,3)4)27-44(41,42)37-32-22-16-21-31(25-32)33(26-39-23-14-15-24-39)38(5)35(40)34(29-17-10-8-11-18-29)30-19-12-9-13-20-30/h8-13,16-22,25,28,33-34,37H,14-15,23-24,26-27H2,1-7H3/t28?,33-/m1/s1. The van der Waals surface area contributed by atoms with Gasteiger partial charge in [0.25, 0.3) is 0 Å². The number of sulfonamides is 1. The zero-order valence-corrected chi connectivity index (χ0v) is 29.8. The molecule has 2 atom stereocenters. The summed E-state index contributed by atoms with van der Waals surface area (Å²) in [6, 6.07) is 27.0. The molecule has 0 spiro atoms. The van der Waals surface area contributed by atoms with Gasteiger partial charge in [-0.3, -0.25) is 9.52 Å². The summed E-state index contributed by atoms with van der Waals surface area (Å²) < 4.78 is 35.7. The number of amides is 1. The van der Waals surface area contributed by atoms with Crippen LogP contribution in [0.15, 0.2) is 84.9 Å². The second-order valence-corrected chi connectivity index (χ2v) is 20.4. The fourth-order valence-corrected chi connectivity index (χ4v) is 8.66. The molecule has 1 aliphatic rings. The normalized spacial score (nSPS) is 16.0. The number of rotatable bonds is 13. The van der Waals surface area contributed by atoms with Crippen molar-refractivity contribution in [3.05, 3.63) is 102 Å². The van der Waals surface area contributed by atoms with Crippen molar-refractivity contribution in [3.8, 4) is 0 Å². The third kappa shape index (κ3) is 9.28. The number of carbonyl (C=O) groups is 1. The lowest BCUT2D eigenvalue weighted by Crippen LogP contribution is -2.45. The van der Waals surface area contributed by atoms with Crippen molar-refractivity contribution in [2.24, 2.45) is 0 Å². The summed E-state index contributed by atoms with van der Waals surface area (Å²) in [5.74, 6) is -0.587. The number of carbonyl (C=O) groups excluding carboxylic acids is 1. The molecule has 1 aliphatic heterocycles. The van der Waals surface area contributed by atoms with Gasteiger partial charge >= 0.3 is 0 Å². The topological polar surface area (TPSA) is 79.0 Å². The summed E-state index contributed by atoms with van der Waals surface area (Å²) in [6.45, 7) is 15.2. The van der Waals surface area contributed by atoms with E-state index in [1.807, 2.05) is 97.7 Å². The minimum atomic E-state index is -3.68. The SMILES string of the molecule is CC(CS(=O)(=O)Nc1cccc([C@@H](CN2CCCC2)N(C)C(=O)C(c2ccccc2)c2ccccc2)c1)O[Si](C)(C)C(C)(C)C. The van der Waals surface area contributed by atoms with Crippen LogP contribution in [0.2, 0.25) is 18.1 Å². The number of likely N-dealkylation sites (tertiary alicyclic amines) is 1. The van der Waals surface area contributed by atoms with E-state index in [2.05, 4.69) is 43.5 Å². The summed E-state index contributed by atoms with van der Waals surface area (Å²) in [6.07, 6.45) is 1.83. The first kappa shape index (κ1) is 34.9. The van der Waals surface area contributed by atoms with Crippen LogP contribution in [0.4, 0.5) is 5.69 Å². The fraction of sp³-hybridized carbons (Fsp3) is 0.472. The largest absolute Gasteiger partial charge is 0.413 e. The molecule has 244 valence electrons. The lowest BCUT2D eigenvalue weighted by Gasteiger charge is -2.38. The Morgan fingerprint density at radius 2 is 1.44 bits per heavy atom. The average molecular weight is 650 g/mol. The van der Waals surface area contributed by atoms with E-state index in [-0.39, 0.29) is 22.7 Å². The van der Waals surface area contributed by atoms with Gasteiger partial charge in [0.15, 0.2) is 8.32 Å². The summed E-state index contributed by atoms with van der Waals surface area (Å²) >= 11 is 0. The Kier molecular flexibility index (Phi) is 11.3. The Balaban J connectivity index is 1.60. The quantitative estimate of drug-likeness (QED) is 0.197. The number of nitrogens with zero attached hydrogens (tertiary/aromatic N) is 2. The molecule has 0 saturated carbocycles. The fourth-order valence-electron chi connectivity index (χ4n) is 5.84. The van der Waals surface area contributed by atoms with Gasteiger partial charge in [-0.1, -0.05) is 93.6 Å². The van der Waals surface area contributed by atoms with Crippen molar-refractivity contribution >= 4 is 29.9 Å². The van der Waals surface area contributed by atoms with E-state index in [1.54, 1.807) is 6.07 Å². The maximum Gasteiger partial charge on any atom is 0.235 e.